The summed E-state index contributed by atoms with van der Waals surface area (Å²) in [6.45, 7) is 2.35. The molecule has 0 aliphatic carbocycles. The van der Waals surface area contributed by atoms with E-state index in [9.17, 15) is 10.2 Å². The molecule has 0 amide bonds. The van der Waals surface area contributed by atoms with Crippen molar-refractivity contribution in [1.29, 1.82) is 0 Å². The summed E-state index contributed by atoms with van der Waals surface area (Å²) >= 11 is 0. The van der Waals surface area contributed by atoms with Crippen molar-refractivity contribution in [2.75, 3.05) is 6.61 Å². The minimum absolute atomic E-state index is 0.201. The van der Waals surface area contributed by atoms with E-state index in [0.717, 1.165) is 25.0 Å². The van der Waals surface area contributed by atoms with Crippen molar-refractivity contribution in [3.8, 4) is 0 Å². The van der Waals surface area contributed by atoms with Crippen LogP contribution in [0, 0.1) is 0 Å². The Kier molecular flexibility index (Phi) is 4.87. The van der Waals surface area contributed by atoms with Crippen LogP contribution in [0.3, 0.4) is 0 Å². The summed E-state index contributed by atoms with van der Waals surface area (Å²) in [4.78, 5) is 0. The molecular formula is C12H22N4O3. The predicted molar refractivity (Wildman–Crippen MR) is 68.4 cm³/mol. The van der Waals surface area contributed by atoms with E-state index in [4.69, 9.17) is 5.11 Å². The molecule has 0 spiro atoms. The molecule has 7 heteroatoms. The molecule has 0 unspecified atom stereocenters. The zero-order valence-corrected chi connectivity index (χ0v) is 11.1. The molecule has 1 saturated heterocycles. The Hall–Kier alpha value is -1.02. The number of nitrogens with one attached hydrogen (secondary N) is 1. The molecule has 1 aliphatic rings. The van der Waals surface area contributed by atoms with Gasteiger partial charge in [0.05, 0.1) is 43.1 Å². The van der Waals surface area contributed by atoms with Crippen molar-refractivity contribution in [2.45, 2.75) is 57.0 Å². The third kappa shape index (κ3) is 3.30. The third-order valence-electron chi connectivity index (χ3n) is 3.56. The van der Waals surface area contributed by atoms with E-state index in [1.54, 1.807) is 4.68 Å². The second kappa shape index (κ2) is 6.42. The number of hydrogen-bond acceptors (Lipinski definition) is 6. The van der Waals surface area contributed by atoms with E-state index in [1.807, 2.05) is 6.20 Å². The Morgan fingerprint density at radius 1 is 1.32 bits per heavy atom. The third-order valence-corrected chi connectivity index (χ3v) is 3.56. The Morgan fingerprint density at radius 3 is 2.68 bits per heavy atom. The largest absolute Gasteiger partial charge is 0.395 e. The first-order valence-electron chi connectivity index (χ1n) is 6.77. The SMILES string of the molecule is CCCCc1cn(C[C@H]2N[C@H](CO)[C@H](O)[C@@H]2O)nn1. The van der Waals surface area contributed by atoms with E-state index < -0.39 is 18.2 Å². The van der Waals surface area contributed by atoms with Gasteiger partial charge in [0.2, 0.25) is 0 Å². The topological polar surface area (TPSA) is 103 Å². The Bertz CT molecular complexity index is 398. The lowest BCUT2D eigenvalue weighted by atomic mass is 10.1. The molecule has 1 aromatic heterocycles. The highest BCUT2D eigenvalue weighted by atomic mass is 16.3. The Balaban J connectivity index is 1.92. The number of aryl methyl sites for hydroxylation is 1. The lowest BCUT2D eigenvalue weighted by Crippen LogP contribution is -2.38. The highest BCUT2D eigenvalue weighted by Crippen LogP contribution is 2.15. The minimum Gasteiger partial charge on any atom is -0.395 e. The minimum atomic E-state index is -0.946. The summed E-state index contributed by atoms with van der Waals surface area (Å²) in [5, 5.41) is 39.8. The van der Waals surface area contributed by atoms with Crippen LogP contribution in [0.2, 0.25) is 0 Å². The molecular weight excluding hydrogens is 248 g/mol. The van der Waals surface area contributed by atoms with Crippen LogP contribution in [-0.4, -0.2) is 61.2 Å². The monoisotopic (exact) mass is 270 g/mol. The highest BCUT2D eigenvalue weighted by molar-refractivity contribution is 4.99. The van der Waals surface area contributed by atoms with Gasteiger partial charge in [-0.15, -0.1) is 5.10 Å². The maximum atomic E-state index is 9.88. The van der Waals surface area contributed by atoms with Crippen molar-refractivity contribution in [1.82, 2.24) is 20.3 Å². The van der Waals surface area contributed by atoms with Gasteiger partial charge in [0.1, 0.15) is 0 Å². The van der Waals surface area contributed by atoms with Crippen LogP contribution in [-0.2, 0) is 13.0 Å². The van der Waals surface area contributed by atoms with Crippen LogP contribution >= 0.6 is 0 Å². The second-order valence-corrected chi connectivity index (χ2v) is 5.08. The summed E-state index contributed by atoms with van der Waals surface area (Å²) in [7, 11) is 0. The van der Waals surface area contributed by atoms with Gasteiger partial charge in [-0.3, -0.25) is 4.68 Å². The molecule has 1 aromatic rings. The van der Waals surface area contributed by atoms with E-state index in [0.29, 0.717) is 6.54 Å². The molecule has 1 fully saturated rings. The summed E-state index contributed by atoms with van der Waals surface area (Å²) < 4.78 is 1.67. The number of nitrogens with zero attached hydrogens (tertiary/aromatic N) is 3. The van der Waals surface area contributed by atoms with Gasteiger partial charge in [-0.1, -0.05) is 18.6 Å². The van der Waals surface area contributed by atoms with Crippen LogP contribution in [0.1, 0.15) is 25.5 Å². The summed E-state index contributed by atoms with van der Waals surface area (Å²) in [6, 6.07) is -0.809. The maximum absolute atomic E-state index is 9.88. The van der Waals surface area contributed by atoms with Crippen molar-refractivity contribution in [2.24, 2.45) is 0 Å². The zero-order valence-electron chi connectivity index (χ0n) is 11.1. The van der Waals surface area contributed by atoms with Gasteiger partial charge in [-0.2, -0.15) is 0 Å². The molecule has 4 atom stereocenters. The van der Waals surface area contributed by atoms with Crippen molar-refractivity contribution < 1.29 is 15.3 Å². The van der Waals surface area contributed by atoms with Gasteiger partial charge in [0, 0.05) is 6.20 Å². The van der Waals surface area contributed by atoms with Gasteiger partial charge in [-0.05, 0) is 12.8 Å². The first-order valence-corrected chi connectivity index (χ1v) is 6.77. The lowest BCUT2D eigenvalue weighted by molar-refractivity contribution is 0.0175. The van der Waals surface area contributed by atoms with Gasteiger partial charge < -0.3 is 20.6 Å². The van der Waals surface area contributed by atoms with Gasteiger partial charge in [0.25, 0.3) is 0 Å². The fourth-order valence-electron chi connectivity index (χ4n) is 2.37. The molecule has 0 saturated carbocycles. The van der Waals surface area contributed by atoms with Gasteiger partial charge >= 0.3 is 0 Å². The van der Waals surface area contributed by atoms with Gasteiger partial charge in [0.15, 0.2) is 0 Å². The molecule has 1 aliphatic heterocycles. The number of aliphatic hydroxyl groups excluding tert-OH is 3. The predicted octanol–water partition coefficient (Wildman–Crippen LogP) is -1.32. The summed E-state index contributed by atoms with van der Waals surface area (Å²) in [5.74, 6) is 0. The second-order valence-electron chi connectivity index (χ2n) is 5.08. The van der Waals surface area contributed by atoms with Crippen LogP contribution in [0.5, 0.6) is 0 Å². The van der Waals surface area contributed by atoms with E-state index in [2.05, 4.69) is 22.6 Å². The number of unbranched alkanes of at least 4 members (excludes halogenated alkanes) is 1. The fourth-order valence-corrected chi connectivity index (χ4v) is 2.37. The van der Waals surface area contributed by atoms with E-state index >= 15 is 0 Å². The van der Waals surface area contributed by atoms with Crippen molar-refractivity contribution in [3.63, 3.8) is 0 Å². The first-order chi connectivity index (χ1) is 9.15. The molecule has 2 rings (SSSR count). The Labute approximate surface area is 112 Å². The number of aliphatic hydroxyl groups is 3. The van der Waals surface area contributed by atoms with E-state index in [1.165, 1.54) is 0 Å². The quantitative estimate of drug-likeness (QED) is 0.511. The number of hydrogen-bond donors (Lipinski definition) is 4. The number of aromatic nitrogens is 3. The zero-order chi connectivity index (χ0) is 13.8. The Morgan fingerprint density at radius 2 is 2.05 bits per heavy atom. The fraction of sp³-hybridized carbons (Fsp3) is 0.833. The molecule has 7 nitrogen and oxygen atoms in total. The maximum Gasteiger partial charge on any atom is 0.0990 e. The average Bonchev–Trinajstić information content (AvgIpc) is 2.96. The smallest absolute Gasteiger partial charge is 0.0990 e. The van der Waals surface area contributed by atoms with Crippen molar-refractivity contribution >= 4 is 0 Å². The highest BCUT2D eigenvalue weighted by Gasteiger charge is 2.40. The molecule has 19 heavy (non-hydrogen) atoms. The molecule has 0 radical (unpaired) electrons. The summed E-state index contributed by atoms with van der Waals surface area (Å²) in [6.07, 6.45) is 3.11. The van der Waals surface area contributed by atoms with Crippen molar-refractivity contribution in [3.05, 3.63) is 11.9 Å². The number of rotatable bonds is 6. The molecule has 0 aromatic carbocycles. The first kappa shape index (κ1) is 14.4. The van der Waals surface area contributed by atoms with Crippen LogP contribution < -0.4 is 5.32 Å². The molecule has 108 valence electrons. The lowest BCUT2D eigenvalue weighted by Gasteiger charge is -2.15. The average molecular weight is 270 g/mol. The van der Waals surface area contributed by atoms with Crippen LogP contribution in [0.25, 0.3) is 0 Å². The van der Waals surface area contributed by atoms with Gasteiger partial charge in [-0.25, -0.2) is 0 Å². The van der Waals surface area contributed by atoms with Crippen LogP contribution in [0.4, 0.5) is 0 Å². The molecule has 2 heterocycles. The normalized spacial score (nSPS) is 30.9. The summed E-state index contributed by atoms with van der Waals surface area (Å²) in [5.41, 5.74) is 0.939. The molecule has 0 bridgehead atoms. The standard InChI is InChI=1S/C12H22N4O3/c1-2-3-4-8-5-16(15-14-8)6-9-11(18)12(19)10(7-17)13-9/h5,9-13,17-19H,2-4,6-7H2,1H3/t9-,10-,11-,12+/m1/s1. The van der Waals surface area contributed by atoms with Crippen LogP contribution in [0.15, 0.2) is 6.20 Å². The van der Waals surface area contributed by atoms with E-state index in [-0.39, 0.29) is 12.6 Å². The molecule has 4 N–H and O–H groups in total.